The van der Waals surface area contributed by atoms with Crippen molar-refractivity contribution in [3.8, 4) is 11.3 Å². The molecular weight excluding hydrogens is 579 g/mol. The average molecular weight is 604 g/mol. The number of aromatic nitrogens is 5. The van der Waals surface area contributed by atoms with Crippen LogP contribution in [-0.2, 0) is 11.0 Å². The number of aromatic amines is 1. The number of halogens is 4. The number of alkyl halides is 3. The summed E-state index contributed by atoms with van der Waals surface area (Å²) >= 11 is 6.50. The van der Waals surface area contributed by atoms with E-state index in [2.05, 4.69) is 30.8 Å². The Labute approximate surface area is 241 Å². The average Bonchev–Trinajstić information content (AvgIpc) is 3.72. The molecule has 16 heteroatoms. The Morgan fingerprint density at radius 2 is 1.88 bits per heavy atom. The number of rotatable bonds is 5. The van der Waals surface area contributed by atoms with E-state index in [4.69, 9.17) is 11.6 Å². The minimum atomic E-state index is -4.65. The minimum absolute atomic E-state index is 0.0779. The van der Waals surface area contributed by atoms with Crippen molar-refractivity contribution in [3.63, 3.8) is 0 Å². The smallest absolute Gasteiger partial charge is 0.392 e. The van der Waals surface area contributed by atoms with Gasteiger partial charge in [-0.05, 0) is 24.6 Å². The Hall–Kier alpha value is -4.21. The first-order chi connectivity index (χ1) is 20.1. The lowest BCUT2D eigenvalue weighted by Crippen LogP contribution is -2.54. The van der Waals surface area contributed by atoms with E-state index < -0.39 is 24.0 Å². The lowest BCUT2D eigenvalue weighted by atomic mass is 10.1. The number of carbonyl (C=O) groups is 2. The van der Waals surface area contributed by atoms with E-state index in [1.54, 1.807) is 28.0 Å². The molecule has 5 heterocycles. The molecule has 0 unspecified atom stereocenters. The van der Waals surface area contributed by atoms with E-state index >= 15 is 0 Å². The number of imidazole rings is 1. The van der Waals surface area contributed by atoms with Gasteiger partial charge in [-0.25, -0.2) is 9.97 Å². The van der Waals surface area contributed by atoms with Crippen LogP contribution in [-0.4, -0.2) is 96.2 Å². The largest absolute Gasteiger partial charge is 0.435 e. The van der Waals surface area contributed by atoms with Gasteiger partial charge >= 0.3 is 6.18 Å². The van der Waals surface area contributed by atoms with E-state index in [-0.39, 0.29) is 45.1 Å². The van der Waals surface area contributed by atoms with E-state index in [0.29, 0.717) is 44.8 Å². The number of nitrogens with zero attached hydrogens (tertiary/aromatic N) is 6. The van der Waals surface area contributed by atoms with Gasteiger partial charge in [-0.2, -0.15) is 18.3 Å². The number of amides is 2. The van der Waals surface area contributed by atoms with Gasteiger partial charge in [-0.1, -0.05) is 11.6 Å². The zero-order valence-corrected chi connectivity index (χ0v) is 22.7. The maximum Gasteiger partial charge on any atom is 0.435 e. The molecule has 1 aromatic carbocycles. The summed E-state index contributed by atoms with van der Waals surface area (Å²) in [5.41, 5.74) is 0.0138. The molecule has 2 aliphatic rings. The number of hydrogen-bond donors (Lipinski definition) is 4. The maximum absolute atomic E-state index is 13.4. The summed E-state index contributed by atoms with van der Waals surface area (Å²) in [4.78, 5) is 37.8. The third-order valence-electron chi connectivity index (χ3n) is 7.36. The number of β-amino-alcohol motifs (C(OH)–C–C–N with tert-alkyl or cyclic N) is 1. The van der Waals surface area contributed by atoms with Gasteiger partial charge in [0.1, 0.15) is 0 Å². The monoisotopic (exact) mass is 603 g/mol. The van der Waals surface area contributed by atoms with Crippen LogP contribution in [0.25, 0.3) is 16.9 Å². The summed E-state index contributed by atoms with van der Waals surface area (Å²) in [6.45, 7) is 1.83. The van der Waals surface area contributed by atoms with Crippen molar-refractivity contribution in [2.24, 2.45) is 0 Å². The molecule has 0 spiro atoms. The fraction of sp³-hybridized carbons (Fsp3) is 0.346. The quantitative estimate of drug-likeness (QED) is 0.273. The molecule has 0 saturated carbocycles. The van der Waals surface area contributed by atoms with Crippen molar-refractivity contribution >= 4 is 40.6 Å². The highest BCUT2D eigenvalue weighted by molar-refractivity contribution is 6.34. The molecule has 2 fully saturated rings. The van der Waals surface area contributed by atoms with Gasteiger partial charge in [0.2, 0.25) is 5.91 Å². The number of piperazine rings is 1. The standard InChI is InChI=1S/C26H25ClF3N9O3/c27-18-9-14(1-2-16(18)24(41)37-5-7-38(8-6-37)25(42)19-10-15(40)11-32-19)35-22-23-33-13-20(39(23)4-3-31-22)17-12-34-36-21(17)26(28,29)30/h1-4,9,12-13,15,19,32,40H,5-8,10-11H2,(H,31,35)(H,34,36)/t15-,19+/m1/s1. The Kier molecular flexibility index (Phi) is 7.24. The molecule has 2 aliphatic heterocycles. The van der Waals surface area contributed by atoms with Crippen LogP contribution in [0.15, 0.2) is 43.0 Å². The highest BCUT2D eigenvalue weighted by Crippen LogP contribution is 2.36. The highest BCUT2D eigenvalue weighted by atomic mass is 35.5. The number of carbonyl (C=O) groups excluding carboxylic acids is 2. The lowest BCUT2D eigenvalue weighted by Gasteiger charge is -2.36. The zero-order valence-electron chi connectivity index (χ0n) is 21.9. The fourth-order valence-electron chi connectivity index (χ4n) is 5.24. The van der Waals surface area contributed by atoms with Crippen molar-refractivity contribution in [2.45, 2.75) is 24.7 Å². The van der Waals surface area contributed by atoms with Gasteiger partial charge in [-0.15, -0.1) is 0 Å². The van der Waals surface area contributed by atoms with Gasteiger partial charge in [-0.3, -0.25) is 19.1 Å². The molecule has 0 aliphatic carbocycles. The van der Waals surface area contributed by atoms with Crippen LogP contribution >= 0.6 is 11.6 Å². The number of anilines is 2. The second-order valence-electron chi connectivity index (χ2n) is 10.0. The minimum Gasteiger partial charge on any atom is -0.392 e. The molecule has 0 bridgehead atoms. The molecule has 12 nitrogen and oxygen atoms in total. The Morgan fingerprint density at radius 1 is 1.12 bits per heavy atom. The second-order valence-corrected chi connectivity index (χ2v) is 10.5. The van der Waals surface area contributed by atoms with Crippen molar-refractivity contribution in [3.05, 3.63) is 59.3 Å². The third kappa shape index (κ3) is 5.26. The van der Waals surface area contributed by atoms with Crippen LogP contribution in [0.2, 0.25) is 5.02 Å². The molecule has 6 rings (SSSR count). The fourth-order valence-corrected chi connectivity index (χ4v) is 5.50. The van der Waals surface area contributed by atoms with Gasteiger partial charge in [0.05, 0.1) is 40.2 Å². The first-order valence-electron chi connectivity index (χ1n) is 13.1. The molecular formula is C26H25ClF3N9O3. The zero-order chi connectivity index (χ0) is 29.6. The van der Waals surface area contributed by atoms with E-state index in [0.717, 1.165) is 6.20 Å². The van der Waals surface area contributed by atoms with Crippen LogP contribution in [0.5, 0.6) is 0 Å². The summed E-state index contributed by atoms with van der Waals surface area (Å²) in [7, 11) is 0. The van der Waals surface area contributed by atoms with Crippen LogP contribution in [0.4, 0.5) is 24.7 Å². The van der Waals surface area contributed by atoms with E-state index in [1.165, 1.54) is 23.0 Å². The molecule has 4 N–H and O–H groups in total. The first-order valence-corrected chi connectivity index (χ1v) is 13.5. The Balaban J connectivity index is 1.15. The second kappa shape index (κ2) is 10.9. The van der Waals surface area contributed by atoms with Crippen LogP contribution in [0.3, 0.4) is 0 Å². The van der Waals surface area contributed by atoms with Crippen LogP contribution < -0.4 is 10.6 Å². The number of aliphatic hydroxyl groups excluding tert-OH is 1. The molecule has 0 radical (unpaired) electrons. The van der Waals surface area contributed by atoms with Crippen LogP contribution in [0.1, 0.15) is 22.5 Å². The summed E-state index contributed by atoms with van der Waals surface area (Å²) in [6.07, 6.45) is 0.572. The van der Waals surface area contributed by atoms with E-state index in [1.807, 2.05) is 0 Å². The van der Waals surface area contributed by atoms with Gasteiger partial charge < -0.3 is 25.5 Å². The number of H-pyrrole nitrogens is 1. The Bertz CT molecular complexity index is 1650. The SMILES string of the molecule is O=C(c1ccc(Nc2nccn3c(-c4c[nH]nc4C(F)(F)F)cnc23)cc1Cl)N1CCN(C(=O)[C@@H]2C[C@@H](O)CN2)CC1. The van der Waals surface area contributed by atoms with Crippen molar-refractivity contribution in [1.29, 1.82) is 0 Å². The van der Waals surface area contributed by atoms with Gasteiger partial charge in [0, 0.05) is 57.0 Å². The Morgan fingerprint density at radius 3 is 2.57 bits per heavy atom. The van der Waals surface area contributed by atoms with E-state index in [9.17, 15) is 27.9 Å². The number of fused-ring (bicyclic) bond motifs is 1. The molecule has 42 heavy (non-hydrogen) atoms. The molecule has 2 saturated heterocycles. The summed E-state index contributed by atoms with van der Waals surface area (Å²) in [6, 6.07) is 4.36. The predicted octanol–water partition coefficient (Wildman–Crippen LogP) is 2.54. The number of hydrogen-bond acceptors (Lipinski definition) is 8. The van der Waals surface area contributed by atoms with Crippen molar-refractivity contribution in [1.82, 2.24) is 39.7 Å². The number of benzene rings is 1. The van der Waals surface area contributed by atoms with Crippen molar-refractivity contribution in [2.75, 3.05) is 38.0 Å². The lowest BCUT2D eigenvalue weighted by molar-refractivity contribution is -0.140. The number of nitrogens with one attached hydrogen (secondary N) is 3. The molecule has 4 aromatic rings. The third-order valence-corrected chi connectivity index (χ3v) is 7.67. The topological polar surface area (TPSA) is 144 Å². The number of aliphatic hydroxyl groups is 1. The van der Waals surface area contributed by atoms with Crippen LogP contribution in [0, 0.1) is 0 Å². The predicted molar refractivity (Wildman–Crippen MR) is 145 cm³/mol. The maximum atomic E-state index is 13.4. The molecule has 2 amide bonds. The summed E-state index contributed by atoms with van der Waals surface area (Å²) in [5.74, 6) is -0.0846. The normalized spacial score (nSPS) is 19.5. The molecule has 3 aromatic heterocycles. The highest BCUT2D eigenvalue weighted by Gasteiger charge is 2.38. The van der Waals surface area contributed by atoms with Gasteiger partial charge in [0.15, 0.2) is 17.2 Å². The summed E-state index contributed by atoms with van der Waals surface area (Å²) < 4.78 is 41.7. The summed E-state index contributed by atoms with van der Waals surface area (Å²) in [5, 5.41) is 21.6. The molecule has 2 atom stereocenters. The molecule has 220 valence electrons. The van der Waals surface area contributed by atoms with Crippen molar-refractivity contribution < 1.29 is 27.9 Å². The van der Waals surface area contributed by atoms with Gasteiger partial charge in [0.25, 0.3) is 5.91 Å². The first kappa shape index (κ1) is 27.9.